The van der Waals surface area contributed by atoms with Gasteiger partial charge in [0.25, 0.3) is 5.91 Å². The third-order valence-electron chi connectivity index (χ3n) is 3.75. The quantitative estimate of drug-likeness (QED) is 0.363. The normalized spacial score (nSPS) is 14.5. The van der Waals surface area contributed by atoms with Crippen LogP contribution >= 0.6 is 0 Å². The second-order valence-electron chi connectivity index (χ2n) is 5.49. The topological polar surface area (TPSA) is 103 Å². The van der Waals surface area contributed by atoms with E-state index in [9.17, 15) is 14.4 Å². The number of imide groups is 1. The van der Waals surface area contributed by atoms with Crippen LogP contribution in [0.1, 0.15) is 15.9 Å². The highest BCUT2D eigenvalue weighted by Crippen LogP contribution is 2.30. The minimum atomic E-state index is -0.592. The lowest BCUT2D eigenvalue weighted by Gasteiger charge is -2.10. The van der Waals surface area contributed by atoms with Crippen LogP contribution in [0.3, 0.4) is 0 Å². The van der Waals surface area contributed by atoms with Crippen LogP contribution in [0.4, 0.5) is 4.79 Å². The molecule has 2 aromatic rings. The van der Waals surface area contributed by atoms with E-state index in [0.717, 1.165) is 0 Å². The lowest BCUT2D eigenvalue weighted by Crippen LogP contribution is -2.22. The maximum Gasteiger partial charge on any atom is 0.343 e. The standard InChI is InChI=1S/C19H16N2O6/c1-25-13-6-4-12(5-7-13)18(23)27-16-10-11(3-8-15(16)26-2)9-14-17(22)21-19(24)20-14/h3-10H,1-2H3,(H2,20,21,22,24)/b14-9-. The van der Waals surface area contributed by atoms with Crippen molar-refractivity contribution in [2.24, 2.45) is 0 Å². The zero-order valence-electron chi connectivity index (χ0n) is 14.6. The molecule has 3 rings (SSSR count). The molecule has 1 fully saturated rings. The molecule has 0 spiro atoms. The van der Waals surface area contributed by atoms with Crippen molar-refractivity contribution >= 4 is 24.0 Å². The van der Waals surface area contributed by atoms with Gasteiger partial charge in [-0.25, -0.2) is 9.59 Å². The average Bonchev–Trinajstić information content (AvgIpc) is 2.99. The molecule has 0 aliphatic carbocycles. The minimum absolute atomic E-state index is 0.0950. The molecule has 0 saturated carbocycles. The van der Waals surface area contributed by atoms with Gasteiger partial charge >= 0.3 is 12.0 Å². The van der Waals surface area contributed by atoms with Gasteiger partial charge in [-0.05, 0) is 48.0 Å². The molecule has 8 heteroatoms. The Bertz CT molecular complexity index is 934. The summed E-state index contributed by atoms with van der Waals surface area (Å²) in [7, 11) is 2.98. The van der Waals surface area contributed by atoms with Crippen molar-refractivity contribution in [3.63, 3.8) is 0 Å². The average molecular weight is 368 g/mol. The first-order chi connectivity index (χ1) is 13.0. The fraction of sp³-hybridized carbons (Fsp3) is 0.105. The number of methoxy groups -OCH3 is 2. The number of hydrogen-bond donors (Lipinski definition) is 2. The highest BCUT2D eigenvalue weighted by Gasteiger charge is 2.23. The van der Waals surface area contributed by atoms with Crippen LogP contribution < -0.4 is 24.8 Å². The van der Waals surface area contributed by atoms with Crippen LogP contribution in [-0.4, -0.2) is 32.1 Å². The van der Waals surface area contributed by atoms with E-state index in [1.807, 2.05) is 0 Å². The molecular weight excluding hydrogens is 352 g/mol. The first-order valence-electron chi connectivity index (χ1n) is 7.88. The van der Waals surface area contributed by atoms with Crippen LogP contribution in [0.15, 0.2) is 48.2 Å². The van der Waals surface area contributed by atoms with Gasteiger partial charge in [0.05, 0.1) is 19.8 Å². The van der Waals surface area contributed by atoms with Gasteiger partial charge < -0.3 is 19.5 Å². The molecule has 1 saturated heterocycles. The number of benzene rings is 2. The van der Waals surface area contributed by atoms with E-state index in [2.05, 4.69) is 10.6 Å². The minimum Gasteiger partial charge on any atom is -0.497 e. The van der Waals surface area contributed by atoms with Gasteiger partial charge in [-0.15, -0.1) is 0 Å². The lowest BCUT2D eigenvalue weighted by atomic mass is 10.1. The Hall–Kier alpha value is -3.81. The van der Waals surface area contributed by atoms with Crippen LogP contribution in [0, 0.1) is 0 Å². The summed E-state index contributed by atoms with van der Waals surface area (Å²) < 4.78 is 15.7. The zero-order chi connectivity index (χ0) is 19.4. The fourth-order valence-corrected chi connectivity index (χ4v) is 2.40. The predicted octanol–water partition coefficient (Wildman–Crippen LogP) is 2.10. The number of urea groups is 1. The summed E-state index contributed by atoms with van der Waals surface area (Å²) >= 11 is 0. The lowest BCUT2D eigenvalue weighted by molar-refractivity contribution is -0.115. The van der Waals surface area contributed by atoms with Crippen LogP contribution in [0.5, 0.6) is 17.2 Å². The maximum atomic E-state index is 12.4. The molecule has 138 valence electrons. The van der Waals surface area contributed by atoms with Crippen molar-refractivity contribution in [1.29, 1.82) is 0 Å². The Kier molecular flexibility index (Phi) is 5.07. The largest absolute Gasteiger partial charge is 0.497 e. The molecule has 0 bridgehead atoms. The molecule has 27 heavy (non-hydrogen) atoms. The smallest absolute Gasteiger partial charge is 0.343 e. The van der Waals surface area contributed by atoms with Crippen molar-refractivity contribution in [3.8, 4) is 17.2 Å². The van der Waals surface area contributed by atoms with Gasteiger partial charge in [-0.2, -0.15) is 0 Å². The van der Waals surface area contributed by atoms with Gasteiger partial charge in [-0.3, -0.25) is 10.1 Å². The number of carbonyl (C=O) groups excluding carboxylic acids is 3. The molecule has 1 aliphatic rings. The Morgan fingerprint density at radius 3 is 2.26 bits per heavy atom. The van der Waals surface area contributed by atoms with Gasteiger partial charge in [0.1, 0.15) is 11.4 Å². The molecule has 0 aromatic heterocycles. The number of ether oxygens (including phenoxy) is 3. The number of carbonyl (C=O) groups is 3. The predicted molar refractivity (Wildman–Crippen MR) is 95.6 cm³/mol. The summed E-state index contributed by atoms with van der Waals surface area (Å²) in [5, 5.41) is 4.50. The van der Waals surface area contributed by atoms with Gasteiger partial charge in [-0.1, -0.05) is 6.07 Å². The van der Waals surface area contributed by atoms with Crippen molar-refractivity contribution in [3.05, 3.63) is 59.3 Å². The zero-order valence-corrected chi connectivity index (χ0v) is 14.6. The Labute approximate surface area is 154 Å². The van der Waals surface area contributed by atoms with E-state index in [-0.39, 0.29) is 11.4 Å². The first-order valence-corrected chi connectivity index (χ1v) is 7.88. The second-order valence-corrected chi connectivity index (χ2v) is 5.49. The number of nitrogens with one attached hydrogen (secondary N) is 2. The highest BCUT2D eigenvalue weighted by molar-refractivity contribution is 6.14. The maximum absolute atomic E-state index is 12.4. The van der Waals surface area contributed by atoms with E-state index in [1.165, 1.54) is 26.4 Å². The molecule has 2 N–H and O–H groups in total. The third kappa shape index (κ3) is 4.06. The highest BCUT2D eigenvalue weighted by atomic mass is 16.6. The molecule has 1 aliphatic heterocycles. The summed E-state index contributed by atoms with van der Waals surface area (Å²) in [6.07, 6.45) is 1.46. The molecule has 0 atom stereocenters. The van der Waals surface area contributed by atoms with Crippen molar-refractivity contribution in [1.82, 2.24) is 10.6 Å². The van der Waals surface area contributed by atoms with Crippen LogP contribution in [0.2, 0.25) is 0 Å². The Morgan fingerprint density at radius 2 is 1.67 bits per heavy atom. The van der Waals surface area contributed by atoms with E-state index < -0.39 is 17.9 Å². The second kappa shape index (κ2) is 7.61. The molecular formula is C19H16N2O6. The Balaban J connectivity index is 1.85. The van der Waals surface area contributed by atoms with Gasteiger partial charge in [0.15, 0.2) is 11.5 Å². The summed E-state index contributed by atoms with van der Waals surface area (Å²) in [5.41, 5.74) is 0.974. The van der Waals surface area contributed by atoms with E-state index in [4.69, 9.17) is 14.2 Å². The number of esters is 1. The fourth-order valence-electron chi connectivity index (χ4n) is 2.40. The molecule has 3 amide bonds. The monoisotopic (exact) mass is 368 g/mol. The van der Waals surface area contributed by atoms with Crippen LogP contribution in [0.25, 0.3) is 6.08 Å². The van der Waals surface area contributed by atoms with Crippen molar-refractivity contribution < 1.29 is 28.6 Å². The first kappa shape index (κ1) is 18.0. The molecule has 8 nitrogen and oxygen atoms in total. The summed E-state index contributed by atoms with van der Waals surface area (Å²) in [4.78, 5) is 35.2. The molecule has 2 aromatic carbocycles. The van der Waals surface area contributed by atoms with E-state index in [0.29, 0.717) is 22.6 Å². The van der Waals surface area contributed by atoms with Crippen LogP contribution in [-0.2, 0) is 4.79 Å². The molecule has 0 radical (unpaired) electrons. The summed E-state index contributed by atoms with van der Waals surface area (Å²) in [6, 6.07) is 10.7. The molecule has 0 unspecified atom stereocenters. The van der Waals surface area contributed by atoms with E-state index in [1.54, 1.807) is 36.4 Å². The van der Waals surface area contributed by atoms with Crippen molar-refractivity contribution in [2.75, 3.05) is 14.2 Å². The third-order valence-corrected chi connectivity index (χ3v) is 3.75. The number of rotatable bonds is 5. The summed E-state index contributed by atoms with van der Waals surface area (Å²) in [6.45, 7) is 0. The SMILES string of the molecule is COc1ccc(C(=O)Oc2cc(/C=C3\NC(=O)NC3=O)ccc2OC)cc1. The molecule has 1 heterocycles. The van der Waals surface area contributed by atoms with Crippen molar-refractivity contribution in [2.45, 2.75) is 0 Å². The summed E-state index contributed by atoms with van der Waals surface area (Å²) in [5.74, 6) is 0.0335. The van der Waals surface area contributed by atoms with Gasteiger partial charge in [0.2, 0.25) is 0 Å². The van der Waals surface area contributed by atoms with E-state index >= 15 is 0 Å². The number of hydrogen-bond acceptors (Lipinski definition) is 6. The van der Waals surface area contributed by atoms with Gasteiger partial charge in [0, 0.05) is 0 Å². The Morgan fingerprint density at radius 1 is 0.926 bits per heavy atom. The number of amides is 3.